The summed E-state index contributed by atoms with van der Waals surface area (Å²) >= 11 is 1.65. The van der Waals surface area contributed by atoms with Gasteiger partial charge in [0.25, 0.3) is 0 Å². The molecule has 0 radical (unpaired) electrons. The molecule has 0 spiro atoms. The predicted molar refractivity (Wildman–Crippen MR) is 111 cm³/mol. The van der Waals surface area contributed by atoms with Crippen molar-refractivity contribution in [3.63, 3.8) is 0 Å². The molecule has 28 heavy (non-hydrogen) atoms. The predicted octanol–water partition coefficient (Wildman–Crippen LogP) is 2.06. The second-order valence-corrected chi connectivity index (χ2v) is 7.16. The van der Waals surface area contributed by atoms with Crippen LogP contribution in [0.15, 0.2) is 47.6 Å². The largest absolute Gasteiger partial charge is 0.339 e. The van der Waals surface area contributed by atoms with E-state index >= 15 is 0 Å². The Balaban J connectivity index is 1.35. The second-order valence-electron chi connectivity index (χ2n) is 6.28. The number of rotatable bonds is 6. The van der Waals surface area contributed by atoms with E-state index in [1.165, 1.54) is 0 Å². The van der Waals surface area contributed by atoms with E-state index in [1.807, 2.05) is 35.4 Å². The van der Waals surface area contributed by atoms with E-state index < -0.39 is 0 Å². The molecule has 2 heterocycles. The highest BCUT2D eigenvalue weighted by Gasteiger charge is 2.22. The van der Waals surface area contributed by atoms with E-state index in [9.17, 15) is 9.59 Å². The van der Waals surface area contributed by atoms with Gasteiger partial charge in [0.15, 0.2) is 0 Å². The zero-order chi connectivity index (χ0) is 19.8. The first-order valence-electron chi connectivity index (χ1n) is 9.14. The normalized spacial score (nSPS) is 13.9. The molecule has 1 aliphatic rings. The number of aromatic nitrogens is 2. The summed E-state index contributed by atoms with van der Waals surface area (Å²) in [7, 11) is 0. The molecule has 148 valence electrons. The molecule has 1 aromatic heterocycles. The van der Waals surface area contributed by atoms with Crippen LogP contribution in [0.4, 0.5) is 16.4 Å². The van der Waals surface area contributed by atoms with E-state index in [4.69, 9.17) is 0 Å². The standard InChI is InChI=1S/C19H24N6O2S/c1-28-16-5-3-15(4-6-16)23-19(27)22-10-7-17(26)24-11-13-25(14-12-24)18-20-8-2-9-21-18/h2-6,8-9H,7,10-14H2,1H3,(H2,22,23,27). The number of carbonyl (C=O) groups excluding carboxylic acids is 2. The third kappa shape index (κ3) is 5.59. The molecule has 0 atom stereocenters. The van der Waals surface area contributed by atoms with Crippen molar-refractivity contribution >= 4 is 35.3 Å². The van der Waals surface area contributed by atoms with E-state index in [-0.39, 0.29) is 18.4 Å². The first-order chi connectivity index (χ1) is 13.7. The molecule has 3 amide bonds. The second kappa shape index (κ2) is 9.93. The maximum absolute atomic E-state index is 12.4. The number of nitrogens with one attached hydrogen (secondary N) is 2. The minimum Gasteiger partial charge on any atom is -0.339 e. The lowest BCUT2D eigenvalue weighted by Gasteiger charge is -2.34. The first-order valence-corrected chi connectivity index (χ1v) is 10.4. The number of carbonyl (C=O) groups is 2. The van der Waals surface area contributed by atoms with E-state index in [2.05, 4.69) is 25.5 Å². The van der Waals surface area contributed by atoms with Crippen molar-refractivity contribution in [1.29, 1.82) is 0 Å². The van der Waals surface area contributed by atoms with E-state index in [0.29, 0.717) is 38.7 Å². The summed E-state index contributed by atoms with van der Waals surface area (Å²) in [5.74, 6) is 0.733. The van der Waals surface area contributed by atoms with E-state index in [1.54, 1.807) is 30.2 Å². The van der Waals surface area contributed by atoms with Crippen molar-refractivity contribution in [3.05, 3.63) is 42.7 Å². The molecule has 1 saturated heterocycles. The van der Waals surface area contributed by atoms with Gasteiger partial charge in [-0.05, 0) is 36.6 Å². The van der Waals surface area contributed by atoms with Crippen LogP contribution < -0.4 is 15.5 Å². The Morgan fingerprint density at radius 1 is 1.07 bits per heavy atom. The summed E-state index contributed by atoms with van der Waals surface area (Å²) in [6.45, 7) is 2.97. The Morgan fingerprint density at radius 3 is 2.39 bits per heavy atom. The van der Waals surface area contributed by atoms with Crippen LogP contribution in [0.2, 0.25) is 0 Å². The smallest absolute Gasteiger partial charge is 0.319 e. The zero-order valence-electron chi connectivity index (χ0n) is 15.8. The van der Waals surface area contributed by atoms with Crippen molar-refractivity contribution in [2.24, 2.45) is 0 Å². The van der Waals surface area contributed by atoms with Crippen molar-refractivity contribution in [2.45, 2.75) is 11.3 Å². The lowest BCUT2D eigenvalue weighted by atomic mass is 10.3. The third-order valence-electron chi connectivity index (χ3n) is 4.44. The van der Waals surface area contributed by atoms with Gasteiger partial charge in [0.1, 0.15) is 0 Å². The Bertz CT molecular complexity index is 779. The molecule has 9 heteroatoms. The molecule has 0 saturated carbocycles. The topological polar surface area (TPSA) is 90.5 Å². The highest BCUT2D eigenvalue weighted by atomic mass is 32.2. The highest BCUT2D eigenvalue weighted by molar-refractivity contribution is 7.98. The summed E-state index contributed by atoms with van der Waals surface area (Å²) in [6.07, 6.45) is 5.71. The number of urea groups is 1. The van der Waals surface area contributed by atoms with Crippen LogP contribution in [0.25, 0.3) is 0 Å². The molecule has 1 aromatic carbocycles. The van der Waals surface area contributed by atoms with Gasteiger partial charge in [-0.1, -0.05) is 0 Å². The molecule has 1 aliphatic heterocycles. The Kier molecular flexibility index (Phi) is 7.07. The first kappa shape index (κ1) is 19.9. The monoisotopic (exact) mass is 400 g/mol. The average molecular weight is 401 g/mol. The van der Waals surface area contributed by atoms with Crippen molar-refractivity contribution in [2.75, 3.05) is 49.2 Å². The number of hydrogen-bond donors (Lipinski definition) is 2. The molecule has 3 rings (SSSR count). The number of anilines is 2. The molecule has 2 aromatic rings. The van der Waals surface area contributed by atoms with Crippen LogP contribution in [0.1, 0.15) is 6.42 Å². The summed E-state index contributed by atoms with van der Waals surface area (Å²) < 4.78 is 0. The van der Waals surface area contributed by atoms with Gasteiger partial charge in [0.2, 0.25) is 11.9 Å². The van der Waals surface area contributed by atoms with Crippen LogP contribution in [-0.4, -0.2) is 65.8 Å². The number of benzene rings is 1. The van der Waals surface area contributed by atoms with Gasteiger partial charge in [0, 0.05) is 62.1 Å². The molecular weight excluding hydrogens is 376 g/mol. The van der Waals surface area contributed by atoms with Crippen LogP contribution in [-0.2, 0) is 4.79 Å². The van der Waals surface area contributed by atoms with Gasteiger partial charge in [-0.2, -0.15) is 0 Å². The van der Waals surface area contributed by atoms with Gasteiger partial charge in [0.05, 0.1) is 0 Å². The highest BCUT2D eigenvalue weighted by Crippen LogP contribution is 2.17. The number of thioether (sulfide) groups is 1. The number of nitrogens with zero attached hydrogens (tertiary/aromatic N) is 4. The maximum Gasteiger partial charge on any atom is 0.319 e. The lowest BCUT2D eigenvalue weighted by molar-refractivity contribution is -0.131. The summed E-state index contributed by atoms with van der Waals surface area (Å²) in [5.41, 5.74) is 0.723. The van der Waals surface area contributed by atoms with Crippen molar-refractivity contribution < 1.29 is 9.59 Å². The van der Waals surface area contributed by atoms with Crippen LogP contribution in [0.5, 0.6) is 0 Å². The number of amides is 3. The van der Waals surface area contributed by atoms with E-state index in [0.717, 1.165) is 10.6 Å². The molecule has 2 N–H and O–H groups in total. The summed E-state index contributed by atoms with van der Waals surface area (Å²) in [4.78, 5) is 37.8. The minimum absolute atomic E-state index is 0.0400. The van der Waals surface area contributed by atoms with Crippen molar-refractivity contribution in [3.8, 4) is 0 Å². The molecule has 0 aliphatic carbocycles. The summed E-state index contributed by atoms with van der Waals surface area (Å²) in [5, 5.41) is 5.50. The van der Waals surface area contributed by atoms with Crippen molar-refractivity contribution in [1.82, 2.24) is 20.2 Å². The van der Waals surface area contributed by atoms with Gasteiger partial charge in [-0.25, -0.2) is 14.8 Å². The minimum atomic E-state index is -0.309. The Labute approximate surface area is 168 Å². The fraction of sp³-hybridized carbons (Fsp3) is 0.368. The molecule has 1 fully saturated rings. The van der Waals surface area contributed by atoms with Gasteiger partial charge < -0.3 is 20.4 Å². The Hall–Kier alpha value is -2.81. The molecular formula is C19H24N6O2S. The van der Waals surface area contributed by atoms with Gasteiger partial charge in [-0.3, -0.25) is 4.79 Å². The zero-order valence-corrected chi connectivity index (χ0v) is 16.6. The average Bonchev–Trinajstić information content (AvgIpc) is 2.75. The lowest BCUT2D eigenvalue weighted by Crippen LogP contribution is -2.49. The number of piperazine rings is 1. The van der Waals surface area contributed by atoms with Crippen LogP contribution >= 0.6 is 11.8 Å². The quantitative estimate of drug-likeness (QED) is 0.722. The maximum atomic E-state index is 12.4. The fourth-order valence-corrected chi connectivity index (χ4v) is 3.31. The molecule has 8 nitrogen and oxygen atoms in total. The fourth-order valence-electron chi connectivity index (χ4n) is 2.90. The molecule has 0 bridgehead atoms. The number of hydrogen-bond acceptors (Lipinski definition) is 6. The van der Waals surface area contributed by atoms with Crippen LogP contribution in [0.3, 0.4) is 0 Å². The van der Waals surface area contributed by atoms with Crippen LogP contribution in [0, 0.1) is 0 Å². The molecule has 0 unspecified atom stereocenters. The van der Waals surface area contributed by atoms with Gasteiger partial charge >= 0.3 is 6.03 Å². The Morgan fingerprint density at radius 2 is 1.75 bits per heavy atom. The third-order valence-corrected chi connectivity index (χ3v) is 5.18. The summed E-state index contributed by atoms with van der Waals surface area (Å²) in [6, 6.07) is 9.08. The SMILES string of the molecule is CSc1ccc(NC(=O)NCCC(=O)N2CCN(c3ncccn3)CC2)cc1. The van der Waals surface area contributed by atoms with Gasteiger partial charge in [-0.15, -0.1) is 11.8 Å².